The Morgan fingerprint density at radius 1 is 1.15 bits per heavy atom. The van der Waals surface area contributed by atoms with Crippen LogP contribution in [-0.2, 0) is 13.5 Å². The fourth-order valence-electron chi connectivity index (χ4n) is 3.57. The Labute approximate surface area is 157 Å². The van der Waals surface area contributed by atoms with Crippen molar-refractivity contribution in [2.75, 3.05) is 32.7 Å². The molecule has 0 bridgehead atoms. The van der Waals surface area contributed by atoms with Crippen LogP contribution in [0.15, 0.2) is 36.4 Å². The van der Waals surface area contributed by atoms with Crippen molar-refractivity contribution in [2.45, 2.75) is 13.3 Å². The van der Waals surface area contributed by atoms with E-state index in [2.05, 4.69) is 40.3 Å². The van der Waals surface area contributed by atoms with E-state index in [0.29, 0.717) is 0 Å². The molecule has 0 atom stereocenters. The first kappa shape index (κ1) is 17.2. The molecule has 3 aromatic rings. The van der Waals surface area contributed by atoms with E-state index in [1.165, 1.54) is 5.56 Å². The zero-order valence-electron chi connectivity index (χ0n) is 15.3. The van der Waals surface area contributed by atoms with Crippen molar-refractivity contribution in [2.24, 2.45) is 7.05 Å². The molecule has 1 saturated heterocycles. The third-order valence-corrected chi connectivity index (χ3v) is 6.32. The van der Waals surface area contributed by atoms with Gasteiger partial charge in [-0.05, 0) is 25.0 Å². The summed E-state index contributed by atoms with van der Waals surface area (Å²) in [6.45, 7) is 6.56. The van der Waals surface area contributed by atoms with Gasteiger partial charge in [-0.15, -0.1) is 11.3 Å². The summed E-state index contributed by atoms with van der Waals surface area (Å²) in [7, 11) is 1.94. The van der Waals surface area contributed by atoms with E-state index in [-0.39, 0.29) is 5.91 Å². The van der Waals surface area contributed by atoms with E-state index >= 15 is 0 Å². The first-order chi connectivity index (χ1) is 12.6. The molecule has 4 rings (SSSR count). The second-order valence-corrected chi connectivity index (χ2v) is 7.94. The lowest BCUT2D eigenvalue weighted by Crippen LogP contribution is -2.48. The minimum Gasteiger partial charge on any atom is -0.335 e. The van der Waals surface area contributed by atoms with Crippen molar-refractivity contribution in [1.82, 2.24) is 19.6 Å². The van der Waals surface area contributed by atoms with Gasteiger partial charge in [0.05, 0.1) is 10.6 Å². The van der Waals surface area contributed by atoms with Crippen LogP contribution in [-0.4, -0.2) is 58.2 Å². The van der Waals surface area contributed by atoms with Gasteiger partial charge in [-0.2, -0.15) is 5.10 Å². The lowest BCUT2D eigenvalue weighted by Gasteiger charge is -2.34. The van der Waals surface area contributed by atoms with E-state index < -0.39 is 0 Å². The van der Waals surface area contributed by atoms with E-state index in [9.17, 15) is 4.79 Å². The van der Waals surface area contributed by atoms with Crippen LogP contribution in [0.1, 0.15) is 20.9 Å². The summed E-state index contributed by atoms with van der Waals surface area (Å²) in [6.07, 6.45) is 1.07. The highest BCUT2D eigenvalue weighted by molar-refractivity contribution is 7.20. The number of rotatable bonds is 4. The lowest BCUT2D eigenvalue weighted by atomic mass is 10.1. The van der Waals surface area contributed by atoms with Crippen molar-refractivity contribution in [1.29, 1.82) is 0 Å². The Hall–Kier alpha value is -2.18. The average Bonchev–Trinajstić information content (AvgIpc) is 3.22. The second kappa shape index (κ2) is 7.21. The predicted molar refractivity (Wildman–Crippen MR) is 106 cm³/mol. The molecule has 3 heterocycles. The summed E-state index contributed by atoms with van der Waals surface area (Å²) >= 11 is 1.55. The molecule has 136 valence electrons. The minimum absolute atomic E-state index is 0.160. The summed E-state index contributed by atoms with van der Waals surface area (Å²) in [6, 6.07) is 12.6. The fraction of sp³-hybridized carbons (Fsp3) is 0.400. The molecule has 0 unspecified atom stereocenters. The van der Waals surface area contributed by atoms with Crippen molar-refractivity contribution in [3.05, 3.63) is 52.5 Å². The van der Waals surface area contributed by atoms with Gasteiger partial charge < -0.3 is 4.90 Å². The normalized spacial score (nSPS) is 15.7. The Balaban J connectivity index is 1.34. The van der Waals surface area contributed by atoms with Gasteiger partial charge in [0.1, 0.15) is 4.83 Å². The van der Waals surface area contributed by atoms with Gasteiger partial charge in [0.2, 0.25) is 0 Å². The monoisotopic (exact) mass is 368 g/mol. The van der Waals surface area contributed by atoms with Crippen LogP contribution in [0, 0.1) is 6.92 Å². The number of hydrogen-bond acceptors (Lipinski definition) is 4. The maximum atomic E-state index is 12.9. The Morgan fingerprint density at radius 2 is 1.88 bits per heavy atom. The maximum Gasteiger partial charge on any atom is 0.264 e. The number of thiophene rings is 1. The third-order valence-electron chi connectivity index (χ3n) is 5.13. The van der Waals surface area contributed by atoms with Crippen molar-refractivity contribution in [3.8, 4) is 0 Å². The molecule has 1 amide bonds. The number of carbonyl (C=O) groups excluding carboxylic acids is 1. The highest BCUT2D eigenvalue weighted by Crippen LogP contribution is 2.28. The van der Waals surface area contributed by atoms with E-state index in [1.54, 1.807) is 11.3 Å². The van der Waals surface area contributed by atoms with Crippen molar-refractivity contribution >= 4 is 27.5 Å². The summed E-state index contributed by atoms with van der Waals surface area (Å²) in [4.78, 5) is 19.2. The minimum atomic E-state index is 0.160. The topological polar surface area (TPSA) is 41.4 Å². The second-order valence-electron chi connectivity index (χ2n) is 6.91. The molecule has 0 radical (unpaired) electrons. The summed E-state index contributed by atoms with van der Waals surface area (Å²) < 4.78 is 1.87. The first-order valence-electron chi connectivity index (χ1n) is 9.10. The summed E-state index contributed by atoms with van der Waals surface area (Å²) in [5.74, 6) is 0.160. The number of aryl methyl sites for hydroxylation is 2. The molecule has 1 fully saturated rings. The zero-order valence-corrected chi connectivity index (χ0v) is 16.1. The quantitative estimate of drug-likeness (QED) is 0.711. The third kappa shape index (κ3) is 3.39. The lowest BCUT2D eigenvalue weighted by molar-refractivity contribution is 0.0643. The molecular formula is C20H24N4OS. The van der Waals surface area contributed by atoms with Gasteiger partial charge in [0.15, 0.2) is 0 Å². The molecule has 0 spiro atoms. The molecule has 0 N–H and O–H groups in total. The van der Waals surface area contributed by atoms with Gasteiger partial charge in [-0.3, -0.25) is 14.4 Å². The highest BCUT2D eigenvalue weighted by atomic mass is 32.1. The fourth-order valence-corrected chi connectivity index (χ4v) is 4.66. The number of carbonyl (C=O) groups is 1. The van der Waals surface area contributed by atoms with Crippen LogP contribution in [0.5, 0.6) is 0 Å². The number of fused-ring (bicyclic) bond motifs is 1. The molecular weight excluding hydrogens is 344 g/mol. The van der Waals surface area contributed by atoms with Crippen LogP contribution >= 0.6 is 11.3 Å². The molecule has 0 saturated carbocycles. The van der Waals surface area contributed by atoms with Gasteiger partial charge in [-0.1, -0.05) is 30.3 Å². The summed E-state index contributed by atoms with van der Waals surface area (Å²) in [5, 5.41) is 5.51. The van der Waals surface area contributed by atoms with Crippen molar-refractivity contribution < 1.29 is 4.79 Å². The number of hydrogen-bond donors (Lipinski definition) is 0. The van der Waals surface area contributed by atoms with E-state index in [1.807, 2.05) is 29.6 Å². The first-order valence-corrected chi connectivity index (χ1v) is 9.92. The maximum absolute atomic E-state index is 12.9. The van der Waals surface area contributed by atoms with Crippen LogP contribution in [0.25, 0.3) is 10.2 Å². The molecule has 0 aliphatic carbocycles. The SMILES string of the molecule is Cc1nn(C)c2sc(C(=O)N3CCN(CCc4ccccc4)CC3)cc12. The molecule has 2 aromatic heterocycles. The van der Waals surface area contributed by atoms with E-state index in [0.717, 1.165) is 59.9 Å². The van der Waals surface area contributed by atoms with Crippen molar-refractivity contribution in [3.63, 3.8) is 0 Å². The Bertz CT molecular complexity index is 872. The van der Waals surface area contributed by atoms with Crippen LogP contribution in [0.3, 0.4) is 0 Å². The number of piperazine rings is 1. The van der Waals surface area contributed by atoms with Gasteiger partial charge in [0, 0.05) is 45.2 Å². The van der Waals surface area contributed by atoms with Gasteiger partial charge >= 0.3 is 0 Å². The molecule has 1 aliphatic rings. The largest absolute Gasteiger partial charge is 0.335 e. The van der Waals surface area contributed by atoms with Gasteiger partial charge in [0.25, 0.3) is 5.91 Å². The number of aromatic nitrogens is 2. The van der Waals surface area contributed by atoms with Crippen LogP contribution in [0.4, 0.5) is 0 Å². The number of benzene rings is 1. The highest BCUT2D eigenvalue weighted by Gasteiger charge is 2.24. The predicted octanol–water partition coefficient (Wildman–Crippen LogP) is 2.94. The number of nitrogens with zero attached hydrogens (tertiary/aromatic N) is 4. The summed E-state index contributed by atoms with van der Waals surface area (Å²) in [5.41, 5.74) is 2.36. The van der Waals surface area contributed by atoms with E-state index in [4.69, 9.17) is 0 Å². The van der Waals surface area contributed by atoms with Crippen LogP contribution < -0.4 is 0 Å². The average molecular weight is 369 g/mol. The number of amides is 1. The standard InChI is InChI=1S/C20H24N4OS/c1-15-17-14-18(26-20(17)22(2)21-15)19(25)24-12-10-23(11-13-24)9-8-16-6-4-3-5-7-16/h3-7,14H,8-13H2,1-2H3. The Kier molecular flexibility index (Phi) is 4.78. The molecule has 26 heavy (non-hydrogen) atoms. The molecule has 5 nitrogen and oxygen atoms in total. The molecule has 1 aliphatic heterocycles. The van der Waals surface area contributed by atoms with Crippen LogP contribution in [0.2, 0.25) is 0 Å². The smallest absolute Gasteiger partial charge is 0.264 e. The molecule has 1 aromatic carbocycles. The molecule has 6 heteroatoms. The van der Waals surface area contributed by atoms with Gasteiger partial charge in [-0.25, -0.2) is 0 Å². The zero-order chi connectivity index (χ0) is 18.1. The Morgan fingerprint density at radius 3 is 2.58 bits per heavy atom.